The van der Waals surface area contributed by atoms with Crippen molar-refractivity contribution in [2.45, 2.75) is 19.9 Å². The molecule has 18 heavy (non-hydrogen) atoms. The summed E-state index contributed by atoms with van der Waals surface area (Å²) in [5.74, 6) is 1.52. The Morgan fingerprint density at radius 2 is 2.33 bits per heavy atom. The fourth-order valence-corrected chi connectivity index (χ4v) is 2.37. The lowest BCUT2D eigenvalue weighted by Gasteiger charge is -2.15. The molecule has 0 aliphatic carbocycles. The second kappa shape index (κ2) is 6.66. The van der Waals surface area contributed by atoms with E-state index >= 15 is 0 Å². The molecule has 2 rings (SSSR count). The lowest BCUT2D eigenvalue weighted by Crippen LogP contribution is -2.22. The van der Waals surface area contributed by atoms with Crippen LogP contribution >= 0.6 is 0 Å². The molecular weight excluding hydrogens is 228 g/mol. The second-order valence-electron chi connectivity index (χ2n) is 4.77. The first kappa shape index (κ1) is 13.2. The number of nitrogens with zero attached hydrogens (tertiary/aromatic N) is 3. The molecule has 100 valence electrons. The molecule has 1 aromatic heterocycles. The van der Waals surface area contributed by atoms with Crippen LogP contribution < -0.4 is 5.32 Å². The Labute approximate surface area is 109 Å². The van der Waals surface area contributed by atoms with E-state index in [1.807, 2.05) is 12.4 Å². The molecule has 1 fully saturated rings. The van der Waals surface area contributed by atoms with Gasteiger partial charge in [-0.05, 0) is 25.8 Å². The average molecular weight is 250 g/mol. The molecule has 0 amide bonds. The summed E-state index contributed by atoms with van der Waals surface area (Å²) in [6, 6.07) is 0. The third kappa shape index (κ3) is 3.65. The van der Waals surface area contributed by atoms with E-state index in [2.05, 4.69) is 27.1 Å². The third-order valence-corrected chi connectivity index (χ3v) is 3.22. The lowest BCUT2D eigenvalue weighted by atomic mass is 10.1. The van der Waals surface area contributed by atoms with Crippen molar-refractivity contribution < 1.29 is 4.74 Å². The van der Waals surface area contributed by atoms with Crippen molar-refractivity contribution in [1.29, 1.82) is 0 Å². The number of ether oxygens (including phenoxy) is 1. The summed E-state index contributed by atoms with van der Waals surface area (Å²) in [6.07, 6.45) is 4.89. The predicted molar refractivity (Wildman–Crippen MR) is 71.5 cm³/mol. The molecule has 0 bridgehead atoms. The van der Waals surface area contributed by atoms with Crippen molar-refractivity contribution >= 4 is 5.82 Å². The van der Waals surface area contributed by atoms with Crippen LogP contribution in [0.2, 0.25) is 0 Å². The fraction of sp³-hybridized carbons (Fsp3) is 0.692. The minimum atomic E-state index is 0.670. The van der Waals surface area contributed by atoms with Gasteiger partial charge >= 0.3 is 0 Å². The molecule has 0 aromatic carbocycles. The van der Waals surface area contributed by atoms with Crippen LogP contribution in [0.25, 0.3) is 0 Å². The minimum Gasteiger partial charge on any atom is -0.384 e. The molecule has 2 heterocycles. The van der Waals surface area contributed by atoms with Gasteiger partial charge in [0.05, 0.1) is 24.7 Å². The highest BCUT2D eigenvalue weighted by molar-refractivity contribution is 5.30. The van der Waals surface area contributed by atoms with E-state index in [-0.39, 0.29) is 0 Å². The summed E-state index contributed by atoms with van der Waals surface area (Å²) < 4.78 is 5.20. The third-order valence-electron chi connectivity index (χ3n) is 3.22. The maximum Gasteiger partial charge on any atom is 0.144 e. The fourth-order valence-electron chi connectivity index (χ4n) is 2.37. The zero-order chi connectivity index (χ0) is 12.8. The second-order valence-corrected chi connectivity index (χ2v) is 4.77. The highest BCUT2D eigenvalue weighted by Crippen LogP contribution is 2.18. The molecule has 5 nitrogen and oxygen atoms in total. The molecule has 0 saturated carbocycles. The molecule has 1 aliphatic heterocycles. The molecule has 1 unspecified atom stereocenters. The SMILES string of the molecule is CCNc1cnc(CN2CCC(COC)C2)cn1. The molecular formula is C13H22N4O. The molecule has 5 heteroatoms. The van der Waals surface area contributed by atoms with E-state index in [1.54, 1.807) is 7.11 Å². The van der Waals surface area contributed by atoms with Gasteiger partial charge in [-0.25, -0.2) is 4.98 Å². The van der Waals surface area contributed by atoms with Crippen LogP contribution in [0.15, 0.2) is 12.4 Å². The van der Waals surface area contributed by atoms with Crippen molar-refractivity contribution in [1.82, 2.24) is 14.9 Å². The number of anilines is 1. The van der Waals surface area contributed by atoms with Crippen LogP contribution in [0.3, 0.4) is 0 Å². The van der Waals surface area contributed by atoms with Gasteiger partial charge in [0.15, 0.2) is 0 Å². The van der Waals surface area contributed by atoms with Gasteiger partial charge in [-0.3, -0.25) is 9.88 Å². The molecule has 1 saturated heterocycles. The molecule has 0 radical (unpaired) electrons. The van der Waals surface area contributed by atoms with Gasteiger partial charge in [-0.1, -0.05) is 0 Å². The number of hydrogen-bond donors (Lipinski definition) is 1. The predicted octanol–water partition coefficient (Wildman–Crippen LogP) is 1.38. The monoisotopic (exact) mass is 250 g/mol. The van der Waals surface area contributed by atoms with E-state index in [0.29, 0.717) is 5.92 Å². The van der Waals surface area contributed by atoms with Crippen molar-refractivity contribution in [3.8, 4) is 0 Å². The maximum atomic E-state index is 5.20. The van der Waals surface area contributed by atoms with Gasteiger partial charge in [-0.15, -0.1) is 0 Å². The van der Waals surface area contributed by atoms with Crippen molar-refractivity contribution in [2.24, 2.45) is 5.92 Å². The number of likely N-dealkylation sites (tertiary alicyclic amines) is 1. The number of aromatic nitrogens is 2. The summed E-state index contributed by atoms with van der Waals surface area (Å²) in [6.45, 7) is 6.91. The largest absolute Gasteiger partial charge is 0.384 e. The van der Waals surface area contributed by atoms with Crippen molar-refractivity contribution in [3.05, 3.63) is 18.1 Å². The van der Waals surface area contributed by atoms with Crippen molar-refractivity contribution in [3.63, 3.8) is 0 Å². The zero-order valence-electron chi connectivity index (χ0n) is 11.2. The first-order chi connectivity index (χ1) is 8.81. The van der Waals surface area contributed by atoms with Gasteiger partial charge in [-0.2, -0.15) is 0 Å². The van der Waals surface area contributed by atoms with Crippen LogP contribution in [0, 0.1) is 5.92 Å². The Morgan fingerprint density at radius 1 is 1.44 bits per heavy atom. The number of rotatable bonds is 6. The van der Waals surface area contributed by atoms with Gasteiger partial charge in [0.2, 0.25) is 0 Å². The van der Waals surface area contributed by atoms with E-state index in [9.17, 15) is 0 Å². The standard InChI is InChI=1S/C13H22N4O/c1-3-14-13-7-15-12(6-16-13)9-17-5-4-11(8-17)10-18-2/h6-7,11H,3-5,8-10H2,1-2H3,(H,14,16). The number of nitrogens with one attached hydrogen (secondary N) is 1. The summed E-state index contributed by atoms with van der Waals surface area (Å²) in [7, 11) is 1.77. The molecule has 1 atom stereocenters. The van der Waals surface area contributed by atoms with Crippen LogP contribution in [0.1, 0.15) is 19.0 Å². The topological polar surface area (TPSA) is 50.3 Å². The van der Waals surface area contributed by atoms with Crippen molar-refractivity contribution in [2.75, 3.05) is 38.7 Å². The summed E-state index contributed by atoms with van der Waals surface area (Å²) in [5.41, 5.74) is 1.04. The summed E-state index contributed by atoms with van der Waals surface area (Å²) in [5, 5.41) is 3.15. The highest BCUT2D eigenvalue weighted by Gasteiger charge is 2.22. The molecule has 1 N–H and O–H groups in total. The quantitative estimate of drug-likeness (QED) is 0.826. The Bertz CT molecular complexity index is 355. The van der Waals surface area contributed by atoms with Crippen LogP contribution in [0.4, 0.5) is 5.82 Å². The molecule has 0 spiro atoms. The summed E-state index contributed by atoms with van der Waals surface area (Å²) >= 11 is 0. The smallest absolute Gasteiger partial charge is 0.144 e. The number of methoxy groups -OCH3 is 1. The van der Waals surface area contributed by atoms with Crippen LogP contribution in [-0.4, -0.2) is 48.2 Å². The minimum absolute atomic E-state index is 0.670. The van der Waals surface area contributed by atoms with E-state index in [0.717, 1.165) is 44.3 Å². The van der Waals surface area contributed by atoms with Gasteiger partial charge in [0.25, 0.3) is 0 Å². The zero-order valence-corrected chi connectivity index (χ0v) is 11.2. The highest BCUT2D eigenvalue weighted by atomic mass is 16.5. The van der Waals surface area contributed by atoms with Gasteiger partial charge in [0, 0.05) is 26.7 Å². The van der Waals surface area contributed by atoms with Crippen LogP contribution in [-0.2, 0) is 11.3 Å². The molecule has 1 aromatic rings. The average Bonchev–Trinajstić information content (AvgIpc) is 2.80. The van der Waals surface area contributed by atoms with Gasteiger partial charge < -0.3 is 10.1 Å². The van der Waals surface area contributed by atoms with E-state index in [4.69, 9.17) is 4.74 Å². The maximum absolute atomic E-state index is 5.20. The van der Waals surface area contributed by atoms with E-state index < -0.39 is 0 Å². The summed E-state index contributed by atoms with van der Waals surface area (Å²) in [4.78, 5) is 11.2. The lowest BCUT2D eigenvalue weighted by molar-refractivity contribution is 0.152. The first-order valence-electron chi connectivity index (χ1n) is 6.58. The Morgan fingerprint density at radius 3 is 3.00 bits per heavy atom. The normalized spacial score (nSPS) is 20.2. The van der Waals surface area contributed by atoms with E-state index in [1.165, 1.54) is 6.42 Å². The Kier molecular flexibility index (Phi) is 4.90. The van der Waals surface area contributed by atoms with Crippen LogP contribution in [0.5, 0.6) is 0 Å². The first-order valence-corrected chi connectivity index (χ1v) is 6.58. The molecule has 1 aliphatic rings. The number of hydrogen-bond acceptors (Lipinski definition) is 5. The van der Waals surface area contributed by atoms with Gasteiger partial charge in [0.1, 0.15) is 5.82 Å². The Balaban J connectivity index is 1.82. The Hall–Kier alpha value is -1.20.